The van der Waals surface area contributed by atoms with Gasteiger partial charge in [0, 0.05) is 45.1 Å². The average Bonchev–Trinajstić information content (AvgIpc) is 3.26. The number of rotatable bonds is 8. The Hall–Kier alpha value is -2.88. The van der Waals surface area contributed by atoms with Crippen LogP contribution in [0.2, 0.25) is 0 Å². The third-order valence-corrected chi connectivity index (χ3v) is 5.41. The molecule has 1 saturated heterocycles. The monoisotopic (exact) mass is 437 g/mol. The lowest BCUT2D eigenvalue weighted by atomic mass is 9.86. The molecular formula is C21H26F3N5O2. The third kappa shape index (κ3) is 6.30. The predicted octanol–water partition coefficient (Wildman–Crippen LogP) is 2.10. The van der Waals surface area contributed by atoms with E-state index in [9.17, 15) is 22.8 Å². The van der Waals surface area contributed by atoms with E-state index >= 15 is 0 Å². The van der Waals surface area contributed by atoms with Gasteiger partial charge in [0.25, 0.3) is 0 Å². The van der Waals surface area contributed by atoms with E-state index < -0.39 is 23.5 Å². The minimum Gasteiger partial charge on any atom is -0.354 e. The fraction of sp³-hybridized carbons (Fsp3) is 0.476. The van der Waals surface area contributed by atoms with Gasteiger partial charge in [-0.15, -0.1) is 0 Å². The number of alkyl halides is 3. The molecule has 0 spiro atoms. The van der Waals surface area contributed by atoms with Crippen LogP contribution in [0, 0.1) is 0 Å². The quantitative estimate of drug-likeness (QED) is 0.620. The largest absolute Gasteiger partial charge is 0.471 e. The number of halogens is 3. The van der Waals surface area contributed by atoms with Crippen LogP contribution >= 0.6 is 0 Å². The van der Waals surface area contributed by atoms with Gasteiger partial charge < -0.3 is 10.6 Å². The van der Waals surface area contributed by atoms with Gasteiger partial charge in [-0.2, -0.15) is 18.3 Å². The highest BCUT2D eigenvalue weighted by Gasteiger charge is 2.48. The topological polar surface area (TPSA) is 79.3 Å². The van der Waals surface area contributed by atoms with Gasteiger partial charge >= 0.3 is 12.1 Å². The van der Waals surface area contributed by atoms with Gasteiger partial charge in [0.2, 0.25) is 5.91 Å². The van der Waals surface area contributed by atoms with Crippen molar-refractivity contribution in [2.24, 2.45) is 0 Å². The second kappa shape index (κ2) is 9.95. The summed E-state index contributed by atoms with van der Waals surface area (Å²) in [5.74, 6) is -2.67. The van der Waals surface area contributed by atoms with Crippen LogP contribution in [0.15, 0.2) is 48.8 Å². The number of hydrogen-bond acceptors (Lipinski definition) is 4. The van der Waals surface area contributed by atoms with Crippen molar-refractivity contribution in [1.29, 1.82) is 0 Å². The first kappa shape index (κ1) is 22.8. The summed E-state index contributed by atoms with van der Waals surface area (Å²) in [5.41, 5.74) is -0.497. The Labute approximate surface area is 178 Å². The van der Waals surface area contributed by atoms with Crippen molar-refractivity contribution < 1.29 is 22.8 Å². The summed E-state index contributed by atoms with van der Waals surface area (Å²) in [4.78, 5) is 26.6. The van der Waals surface area contributed by atoms with Crippen LogP contribution in [-0.4, -0.2) is 57.8 Å². The maximum atomic E-state index is 12.9. The van der Waals surface area contributed by atoms with Crippen LogP contribution in [0.3, 0.4) is 0 Å². The van der Waals surface area contributed by atoms with Crippen LogP contribution in [-0.2, 0) is 22.7 Å². The van der Waals surface area contributed by atoms with Gasteiger partial charge in [-0.05, 0) is 30.9 Å². The number of amides is 2. The summed E-state index contributed by atoms with van der Waals surface area (Å²) in [6, 6.07) is 11.5. The Bertz CT molecular complexity index is 848. The van der Waals surface area contributed by atoms with Gasteiger partial charge in [0.15, 0.2) is 0 Å². The molecule has 1 aliphatic rings. The maximum Gasteiger partial charge on any atom is 0.471 e. The molecule has 2 aromatic rings. The highest BCUT2D eigenvalue weighted by molar-refractivity contribution is 5.93. The molecule has 1 aromatic heterocycles. The van der Waals surface area contributed by atoms with Gasteiger partial charge in [0.1, 0.15) is 5.54 Å². The van der Waals surface area contributed by atoms with Crippen molar-refractivity contribution in [3.05, 3.63) is 54.4 Å². The second-order valence-corrected chi connectivity index (χ2v) is 7.67. The summed E-state index contributed by atoms with van der Waals surface area (Å²) in [6.07, 6.45) is -0.844. The van der Waals surface area contributed by atoms with Crippen LogP contribution in [0.1, 0.15) is 24.8 Å². The molecule has 31 heavy (non-hydrogen) atoms. The van der Waals surface area contributed by atoms with Gasteiger partial charge in [0.05, 0.1) is 0 Å². The fourth-order valence-corrected chi connectivity index (χ4v) is 3.68. The van der Waals surface area contributed by atoms with Crippen molar-refractivity contribution in [3.8, 4) is 0 Å². The SMILES string of the molecule is O=C(NC1(C(=O)NCCCn2cccn2)CCN(Cc2ccccc2)CC1)C(F)(F)F. The lowest BCUT2D eigenvalue weighted by Crippen LogP contribution is -2.65. The third-order valence-electron chi connectivity index (χ3n) is 5.41. The average molecular weight is 437 g/mol. The smallest absolute Gasteiger partial charge is 0.354 e. The van der Waals surface area contributed by atoms with E-state index in [0.29, 0.717) is 32.6 Å². The lowest BCUT2D eigenvalue weighted by Gasteiger charge is -2.41. The van der Waals surface area contributed by atoms with E-state index in [-0.39, 0.29) is 19.4 Å². The molecule has 0 atom stereocenters. The number of carbonyl (C=O) groups excluding carboxylic acids is 2. The Morgan fingerprint density at radius 3 is 2.42 bits per heavy atom. The first-order valence-electron chi connectivity index (χ1n) is 10.2. The van der Waals surface area contributed by atoms with E-state index in [1.165, 1.54) is 0 Å². The number of aromatic nitrogens is 2. The zero-order chi connectivity index (χ0) is 22.3. The number of nitrogens with one attached hydrogen (secondary N) is 2. The molecule has 0 radical (unpaired) electrons. The summed E-state index contributed by atoms with van der Waals surface area (Å²) in [6.45, 7) is 2.27. The molecule has 1 aromatic carbocycles. The molecule has 2 N–H and O–H groups in total. The lowest BCUT2D eigenvalue weighted by molar-refractivity contribution is -0.177. The summed E-state index contributed by atoms with van der Waals surface area (Å²) in [7, 11) is 0. The zero-order valence-electron chi connectivity index (χ0n) is 17.1. The highest BCUT2D eigenvalue weighted by Crippen LogP contribution is 2.26. The molecule has 1 fully saturated rings. The van der Waals surface area contributed by atoms with Crippen molar-refractivity contribution in [1.82, 2.24) is 25.3 Å². The molecule has 2 amide bonds. The number of benzene rings is 1. The molecule has 0 aliphatic carbocycles. The Balaban J connectivity index is 1.60. The molecule has 0 saturated carbocycles. The van der Waals surface area contributed by atoms with Crippen molar-refractivity contribution >= 4 is 11.8 Å². The number of carbonyl (C=O) groups is 2. The maximum absolute atomic E-state index is 12.9. The first-order chi connectivity index (χ1) is 14.8. The van der Waals surface area contributed by atoms with Crippen molar-refractivity contribution in [2.45, 2.75) is 44.1 Å². The highest BCUT2D eigenvalue weighted by atomic mass is 19.4. The zero-order valence-corrected chi connectivity index (χ0v) is 17.1. The van der Waals surface area contributed by atoms with Gasteiger partial charge in [-0.1, -0.05) is 30.3 Å². The Morgan fingerprint density at radius 1 is 1.10 bits per heavy atom. The van der Waals surface area contributed by atoms with Crippen LogP contribution < -0.4 is 10.6 Å². The minimum absolute atomic E-state index is 0.104. The van der Waals surface area contributed by atoms with Crippen LogP contribution in [0.5, 0.6) is 0 Å². The van der Waals surface area contributed by atoms with E-state index in [1.807, 2.05) is 35.6 Å². The normalized spacial score (nSPS) is 16.6. The summed E-state index contributed by atoms with van der Waals surface area (Å²) >= 11 is 0. The van der Waals surface area contributed by atoms with E-state index in [2.05, 4.69) is 15.3 Å². The number of aryl methyl sites for hydroxylation is 1. The standard InChI is InChI=1S/C21H26F3N5O2/c22-21(23,24)19(31)27-20(18(30)25-10-4-12-29-13-5-11-26-29)8-14-28(15-9-20)16-17-6-2-1-3-7-17/h1-3,5-7,11,13H,4,8-10,12,14-16H2,(H,25,30)(H,27,31). The molecule has 3 rings (SSSR count). The fourth-order valence-electron chi connectivity index (χ4n) is 3.68. The van der Waals surface area contributed by atoms with E-state index in [1.54, 1.807) is 23.1 Å². The number of likely N-dealkylation sites (tertiary alicyclic amines) is 1. The minimum atomic E-state index is -5.05. The number of nitrogens with zero attached hydrogens (tertiary/aromatic N) is 3. The van der Waals surface area contributed by atoms with Gasteiger partial charge in [-0.3, -0.25) is 19.2 Å². The molecule has 0 bridgehead atoms. The molecule has 1 aliphatic heterocycles. The number of hydrogen-bond donors (Lipinski definition) is 2. The second-order valence-electron chi connectivity index (χ2n) is 7.67. The van der Waals surface area contributed by atoms with E-state index in [0.717, 1.165) is 5.56 Å². The van der Waals surface area contributed by atoms with E-state index in [4.69, 9.17) is 0 Å². The van der Waals surface area contributed by atoms with Crippen LogP contribution in [0.25, 0.3) is 0 Å². The Kier molecular flexibility index (Phi) is 7.32. The molecule has 2 heterocycles. The van der Waals surface area contributed by atoms with Gasteiger partial charge in [-0.25, -0.2) is 0 Å². The molecule has 7 nitrogen and oxygen atoms in total. The van der Waals surface area contributed by atoms with Crippen molar-refractivity contribution in [3.63, 3.8) is 0 Å². The molecule has 168 valence electrons. The predicted molar refractivity (Wildman–Crippen MR) is 108 cm³/mol. The van der Waals surface area contributed by atoms with Crippen LogP contribution in [0.4, 0.5) is 13.2 Å². The van der Waals surface area contributed by atoms with Crippen molar-refractivity contribution in [2.75, 3.05) is 19.6 Å². The Morgan fingerprint density at radius 2 is 1.81 bits per heavy atom. The number of piperidine rings is 1. The molecule has 10 heteroatoms. The summed E-state index contributed by atoms with van der Waals surface area (Å²) < 4.78 is 40.4. The summed E-state index contributed by atoms with van der Waals surface area (Å²) in [5, 5.41) is 8.75. The first-order valence-corrected chi connectivity index (χ1v) is 10.2. The molecule has 0 unspecified atom stereocenters. The molecular weight excluding hydrogens is 411 g/mol.